The number of carbonyl (C=O) groups excluding carboxylic acids is 1. The number of amides is 1. The highest BCUT2D eigenvalue weighted by Crippen LogP contribution is 2.18. The van der Waals surface area contributed by atoms with Crippen molar-refractivity contribution in [2.24, 2.45) is 0 Å². The zero-order chi connectivity index (χ0) is 10.7. The summed E-state index contributed by atoms with van der Waals surface area (Å²) >= 11 is 0. The van der Waals surface area contributed by atoms with Gasteiger partial charge in [-0.1, -0.05) is 0 Å². The number of nitrogens with zero attached hydrogens (tertiary/aromatic N) is 2. The molecule has 5 nitrogen and oxygen atoms in total. The van der Waals surface area contributed by atoms with Gasteiger partial charge in [-0.3, -0.25) is 9.48 Å². The minimum Gasteiger partial charge on any atom is -0.383 e. The van der Waals surface area contributed by atoms with E-state index in [1.54, 1.807) is 10.9 Å². The first kappa shape index (κ1) is 10.0. The highest BCUT2D eigenvalue weighted by molar-refractivity contribution is 5.76. The topological polar surface area (TPSA) is 59.0 Å². The van der Waals surface area contributed by atoms with Gasteiger partial charge in [-0.15, -0.1) is 0 Å². The fourth-order valence-corrected chi connectivity index (χ4v) is 1.39. The van der Waals surface area contributed by atoms with Crippen molar-refractivity contribution in [1.29, 1.82) is 0 Å². The van der Waals surface area contributed by atoms with E-state index in [1.807, 2.05) is 13.1 Å². The molecule has 1 fully saturated rings. The van der Waals surface area contributed by atoms with E-state index in [-0.39, 0.29) is 5.91 Å². The van der Waals surface area contributed by atoms with Crippen molar-refractivity contribution in [2.75, 3.05) is 11.9 Å². The molecule has 0 aromatic carbocycles. The van der Waals surface area contributed by atoms with Crippen molar-refractivity contribution < 1.29 is 4.79 Å². The van der Waals surface area contributed by atoms with Gasteiger partial charge in [-0.25, -0.2) is 0 Å². The van der Waals surface area contributed by atoms with E-state index >= 15 is 0 Å². The predicted molar refractivity (Wildman–Crippen MR) is 57.6 cm³/mol. The van der Waals surface area contributed by atoms with Gasteiger partial charge in [0.2, 0.25) is 5.91 Å². The van der Waals surface area contributed by atoms with Crippen LogP contribution in [-0.2, 0) is 11.3 Å². The maximum absolute atomic E-state index is 11.4. The maximum Gasteiger partial charge on any atom is 0.241 e. The maximum atomic E-state index is 11.4. The number of rotatable bonds is 5. The Morgan fingerprint density at radius 2 is 2.47 bits per heavy atom. The van der Waals surface area contributed by atoms with Crippen LogP contribution >= 0.6 is 0 Å². The van der Waals surface area contributed by atoms with Gasteiger partial charge in [0.25, 0.3) is 0 Å². The molecule has 0 atom stereocenters. The molecule has 2 N–H and O–H groups in total. The fraction of sp³-hybridized carbons (Fsp3) is 0.600. The van der Waals surface area contributed by atoms with Gasteiger partial charge in [-0.2, -0.15) is 5.10 Å². The number of anilines is 1. The molecule has 0 bridgehead atoms. The van der Waals surface area contributed by atoms with E-state index in [0.29, 0.717) is 12.6 Å². The van der Waals surface area contributed by atoms with Gasteiger partial charge < -0.3 is 10.6 Å². The lowest BCUT2D eigenvalue weighted by molar-refractivity contribution is -0.122. The second-order valence-electron chi connectivity index (χ2n) is 3.80. The molecule has 1 aliphatic carbocycles. The molecule has 5 heteroatoms. The van der Waals surface area contributed by atoms with Gasteiger partial charge in [-0.05, 0) is 19.8 Å². The van der Waals surface area contributed by atoms with Crippen LogP contribution in [0.2, 0.25) is 0 Å². The normalized spacial score (nSPS) is 15.0. The molecule has 1 aromatic heterocycles. The van der Waals surface area contributed by atoms with Crippen LogP contribution in [0, 0.1) is 0 Å². The minimum atomic E-state index is 0.0450. The third kappa shape index (κ3) is 2.97. The van der Waals surface area contributed by atoms with Crippen LogP contribution in [0.5, 0.6) is 0 Å². The van der Waals surface area contributed by atoms with Crippen molar-refractivity contribution in [1.82, 2.24) is 15.1 Å². The highest BCUT2D eigenvalue weighted by Gasteiger charge is 2.23. The third-order valence-corrected chi connectivity index (χ3v) is 2.26. The summed E-state index contributed by atoms with van der Waals surface area (Å²) < 4.78 is 1.65. The molecular weight excluding hydrogens is 192 g/mol. The molecule has 1 aromatic rings. The van der Waals surface area contributed by atoms with E-state index in [2.05, 4.69) is 15.7 Å². The summed E-state index contributed by atoms with van der Waals surface area (Å²) in [5.74, 6) is 0.0450. The molecule has 2 rings (SSSR count). The number of aromatic nitrogens is 2. The Bertz CT molecular complexity index is 343. The molecule has 1 amide bonds. The van der Waals surface area contributed by atoms with Crippen LogP contribution in [0.4, 0.5) is 5.69 Å². The van der Waals surface area contributed by atoms with Crippen LogP contribution < -0.4 is 10.6 Å². The van der Waals surface area contributed by atoms with E-state index in [0.717, 1.165) is 25.1 Å². The van der Waals surface area contributed by atoms with E-state index in [9.17, 15) is 4.79 Å². The highest BCUT2D eigenvalue weighted by atomic mass is 16.2. The first-order chi connectivity index (χ1) is 7.28. The first-order valence-electron chi connectivity index (χ1n) is 5.33. The van der Waals surface area contributed by atoms with E-state index in [1.165, 1.54) is 0 Å². The number of hydrogen-bond donors (Lipinski definition) is 2. The predicted octanol–water partition coefficient (Wildman–Crippen LogP) is 0.593. The number of nitrogens with one attached hydrogen (secondary N) is 2. The average Bonchev–Trinajstić information content (AvgIpc) is 2.88. The lowest BCUT2D eigenvalue weighted by Gasteiger charge is -2.02. The lowest BCUT2D eigenvalue weighted by atomic mass is 10.5. The van der Waals surface area contributed by atoms with Crippen molar-refractivity contribution in [3.63, 3.8) is 0 Å². The summed E-state index contributed by atoms with van der Waals surface area (Å²) in [6.07, 6.45) is 5.81. The van der Waals surface area contributed by atoms with Gasteiger partial charge in [0.05, 0.1) is 11.9 Å². The Kier molecular flexibility index (Phi) is 2.89. The molecule has 0 aliphatic heterocycles. The third-order valence-electron chi connectivity index (χ3n) is 2.26. The van der Waals surface area contributed by atoms with Gasteiger partial charge in [0.1, 0.15) is 6.54 Å². The summed E-state index contributed by atoms with van der Waals surface area (Å²) in [7, 11) is 0. The molecule has 0 radical (unpaired) electrons. The Morgan fingerprint density at radius 3 is 3.13 bits per heavy atom. The van der Waals surface area contributed by atoms with Crippen LogP contribution in [0.25, 0.3) is 0 Å². The smallest absolute Gasteiger partial charge is 0.241 e. The molecule has 0 saturated heterocycles. The Hall–Kier alpha value is -1.52. The Morgan fingerprint density at radius 1 is 1.67 bits per heavy atom. The van der Waals surface area contributed by atoms with Crippen LogP contribution in [-0.4, -0.2) is 28.3 Å². The van der Waals surface area contributed by atoms with Gasteiger partial charge in [0.15, 0.2) is 0 Å². The van der Waals surface area contributed by atoms with Crippen LogP contribution in [0.3, 0.4) is 0 Å². The lowest BCUT2D eigenvalue weighted by Crippen LogP contribution is -2.29. The fourth-order valence-electron chi connectivity index (χ4n) is 1.39. The molecule has 15 heavy (non-hydrogen) atoms. The summed E-state index contributed by atoms with van der Waals surface area (Å²) in [6, 6.07) is 0.418. The zero-order valence-electron chi connectivity index (χ0n) is 8.86. The molecule has 1 heterocycles. The second-order valence-corrected chi connectivity index (χ2v) is 3.80. The number of carbonyl (C=O) groups is 1. The first-order valence-corrected chi connectivity index (χ1v) is 5.33. The van der Waals surface area contributed by atoms with Gasteiger partial charge >= 0.3 is 0 Å². The molecule has 1 saturated carbocycles. The van der Waals surface area contributed by atoms with Crippen molar-refractivity contribution in [3.05, 3.63) is 12.4 Å². The standard InChI is InChI=1S/C10H16N4O/c1-2-11-9-5-12-14(6-9)7-10(15)13-8-3-4-8/h5-6,8,11H,2-4,7H2,1H3,(H,13,15). The minimum absolute atomic E-state index is 0.0450. The van der Waals surface area contributed by atoms with Crippen molar-refractivity contribution in [2.45, 2.75) is 32.4 Å². The molecule has 82 valence electrons. The zero-order valence-corrected chi connectivity index (χ0v) is 8.86. The summed E-state index contributed by atoms with van der Waals surface area (Å²) in [5.41, 5.74) is 0.955. The largest absolute Gasteiger partial charge is 0.383 e. The molecular formula is C10H16N4O. The van der Waals surface area contributed by atoms with E-state index < -0.39 is 0 Å². The van der Waals surface area contributed by atoms with Crippen molar-refractivity contribution >= 4 is 11.6 Å². The molecule has 0 spiro atoms. The Labute approximate surface area is 88.8 Å². The molecule has 0 unspecified atom stereocenters. The SMILES string of the molecule is CCNc1cnn(CC(=O)NC2CC2)c1. The van der Waals surface area contributed by atoms with Crippen LogP contribution in [0.15, 0.2) is 12.4 Å². The second kappa shape index (κ2) is 4.33. The number of hydrogen-bond acceptors (Lipinski definition) is 3. The Balaban J connectivity index is 1.83. The average molecular weight is 208 g/mol. The van der Waals surface area contributed by atoms with Crippen LogP contribution in [0.1, 0.15) is 19.8 Å². The summed E-state index contributed by atoms with van der Waals surface area (Å²) in [4.78, 5) is 11.4. The summed E-state index contributed by atoms with van der Waals surface area (Å²) in [6.45, 7) is 3.19. The quantitative estimate of drug-likeness (QED) is 0.744. The van der Waals surface area contributed by atoms with Gasteiger partial charge in [0, 0.05) is 18.8 Å². The molecule has 1 aliphatic rings. The monoisotopic (exact) mass is 208 g/mol. The van der Waals surface area contributed by atoms with Crippen molar-refractivity contribution in [3.8, 4) is 0 Å². The summed E-state index contributed by atoms with van der Waals surface area (Å²) in [5, 5.41) is 10.2. The van der Waals surface area contributed by atoms with E-state index in [4.69, 9.17) is 0 Å².